The molecule has 0 radical (unpaired) electrons. The van der Waals surface area contributed by atoms with Crippen molar-refractivity contribution in [2.75, 3.05) is 0 Å². The lowest BCUT2D eigenvalue weighted by molar-refractivity contribution is 0.0940. The Bertz CT molecular complexity index is 749. The molecule has 1 atom stereocenters. The largest absolute Gasteiger partial charge is 0.346 e. The highest BCUT2D eigenvalue weighted by atomic mass is 16.1. The zero-order valence-corrected chi connectivity index (χ0v) is 13.0. The molecule has 0 aliphatic carbocycles. The van der Waals surface area contributed by atoms with E-state index in [0.717, 1.165) is 17.7 Å². The van der Waals surface area contributed by atoms with E-state index < -0.39 is 0 Å². The molecule has 1 heterocycles. The number of carbonyl (C=O) groups excluding carboxylic acids is 1. The lowest BCUT2D eigenvalue weighted by atomic mass is 10.1. The summed E-state index contributed by atoms with van der Waals surface area (Å²) in [6, 6.07) is 17.6. The Morgan fingerprint density at radius 2 is 1.87 bits per heavy atom. The Morgan fingerprint density at radius 1 is 1.13 bits per heavy atom. The molecule has 0 fully saturated rings. The highest BCUT2D eigenvalue weighted by Gasteiger charge is 2.11. The number of nitrogens with one attached hydrogen (secondary N) is 1. The van der Waals surface area contributed by atoms with Gasteiger partial charge in [0.05, 0.1) is 12.4 Å². The zero-order valence-electron chi connectivity index (χ0n) is 13.0. The fraction of sp³-hybridized carbons (Fsp3) is 0.158. The number of amides is 1. The second-order valence-electron chi connectivity index (χ2n) is 5.54. The molecule has 3 aromatic rings. The van der Waals surface area contributed by atoms with Gasteiger partial charge in [-0.15, -0.1) is 0 Å². The van der Waals surface area contributed by atoms with Gasteiger partial charge in [-0.05, 0) is 30.2 Å². The summed E-state index contributed by atoms with van der Waals surface area (Å²) in [5.74, 6) is -0.0597. The number of benzene rings is 2. The van der Waals surface area contributed by atoms with Crippen LogP contribution in [0.25, 0.3) is 0 Å². The number of aromatic nitrogens is 2. The molecule has 0 bridgehead atoms. The molecule has 0 aliphatic rings. The molecule has 23 heavy (non-hydrogen) atoms. The van der Waals surface area contributed by atoms with Gasteiger partial charge in [0.15, 0.2) is 0 Å². The normalized spacial score (nSPS) is 11.9. The maximum Gasteiger partial charge on any atom is 0.251 e. The minimum atomic E-state index is -0.0597. The van der Waals surface area contributed by atoms with Crippen molar-refractivity contribution in [2.24, 2.45) is 0 Å². The summed E-state index contributed by atoms with van der Waals surface area (Å²) in [4.78, 5) is 16.4. The minimum absolute atomic E-state index is 0.0191. The summed E-state index contributed by atoms with van der Waals surface area (Å²) >= 11 is 0. The third-order valence-corrected chi connectivity index (χ3v) is 3.79. The number of carbonyl (C=O) groups is 1. The Balaban J connectivity index is 1.63. The molecule has 0 aliphatic heterocycles. The molecule has 0 spiro atoms. The Hall–Kier alpha value is -2.88. The molecule has 4 heteroatoms. The second kappa shape index (κ2) is 6.92. The van der Waals surface area contributed by atoms with Crippen LogP contribution in [0.4, 0.5) is 0 Å². The third kappa shape index (κ3) is 3.86. The van der Waals surface area contributed by atoms with Crippen molar-refractivity contribution in [1.29, 1.82) is 0 Å². The predicted molar refractivity (Wildman–Crippen MR) is 90.1 cm³/mol. The third-order valence-electron chi connectivity index (χ3n) is 3.79. The summed E-state index contributed by atoms with van der Waals surface area (Å²) in [5, 5.41) is 3.02. The van der Waals surface area contributed by atoms with Crippen LogP contribution in [0.2, 0.25) is 0 Å². The van der Waals surface area contributed by atoms with E-state index in [1.165, 1.54) is 0 Å². The molecule has 4 nitrogen and oxygen atoms in total. The lowest BCUT2D eigenvalue weighted by Gasteiger charge is -2.14. The van der Waals surface area contributed by atoms with E-state index in [1.807, 2.05) is 72.3 Å². The van der Waals surface area contributed by atoms with Gasteiger partial charge in [-0.2, -0.15) is 0 Å². The van der Waals surface area contributed by atoms with Crippen LogP contribution >= 0.6 is 0 Å². The first-order chi connectivity index (χ1) is 11.2. The van der Waals surface area contributed by atoms with E-state index in [0.29, 0.717) is 5.56 Å². The van der Waals surface area contributed by atoms with E-state index in [9.17, 15) is 4.79 Å². The van der Waals surface area contributed by atoms with Crippen LogP contribution in [0.15, 0.2) is 73.3 Å². The van der Waals surface area contributed by atoms with Gasteiger partial charge in [-0.3, -0.25) is 4.79 Å². The van der Waals surface area contributed by atoms with Gasteiger partial charge < -0.3 is 9.88 Å². The van der Waals surface area contributed by atoms with Crippen LogP contribution in [-0.2, 0) is 6.54 Å². The van der Waals surface area contributed by atoms with E-state index in [1.54, 1.807) is 12.5 Å². The minimum Gasteiger partial charge on any atom is -0.346 e. The monoisotopic (exact) mass is 305 g/mol. The standard InChI is InChI=1S/C19H19N3O/c1-15(17-5-3-2-4-6-17)21-19(23)18-9-7-16(8-10-18)13-22-12-11-20-14-22/h2-12,14-15H,13H2,1H3,(H,21,23). The summed E-state index contributed by atoms with van der Waals surface area (Å²) in [7, 11) is 0. The van der Waals surface area contributed by atoms with Crippen molar-refractivity contribution in [2.45, 2.75) is 19.5 Å². The number of imidazole rings is 1. The van der Waals surface area contributed by atoms with Gasteiger partial charge in [-0.1, -0.05) is 42.5 Å². The average molecular weight is 305 g/mol. The second-order valence-corrected chi connectivity index (χ2v) is 5.54. The number of rotatable bonds is 5. The van der Waals surface area contributed by atoms with Crippen molar-refractivity contribution < 1.29 is 4.79 Å². The van der Waals surface area contributed by atoms with Crippen LogP contribution < -0.4 is 5.32 Å². The Labute approximate surface area is 135 Å². The molecule has 1 N–H and O–H groups in total. The van der Waals surface area contributed by atoms with E-state index >= 15 is 0 Å². The molecular formula is C19H19N3O. The van der Waals surface area contributed by atoms with E-state index in [2.05, 4.69) is 10.3 Å². The summed E-state index contributed by atoms with van der Waals surface area (Å²) < 4.78 is 1.99. The fourth-order valence-corrected chi connectivity index (χ4v) is 2.46. The van der Waals surface area contributed by atoms with Gasteiger partial charge >= 0.3 is 0 Å². The highest BCUT2D eigenvalue weighted by Crippen LogP contribution is 2.13. The number of hydrogen-bond donors (Lipinski definition) is 1. The predicted octanol–water partition coefficient (Wildman–Crippen LogP) is 3.42. The fourth-order valence-electron chi connectivity index (χ4n) is 2.46. The highest BCUT2D eigenvalue weighted by molar-refractivity contribution is 5.94. The first-order valence-electron chi connectivity index (χ1n) is 7.63. The molecule has 2 aromatic carbocycles. The number of hydrogen-bond acceptors (Lipinski definition) is 2. The van der Waals surface area contributed by atoms with Crippen molar-refractivity contribution in [3.05, 3.63) is 90.0 Å². The lowest BCUT2D eigenvalue weighted by Crippen LogP contribution is -2.26. The van der Waals surface area contributed by atoms with Crippen LogP contribution in [0.5, 0.6) is 0 Å². The Kier molecular flexibility index (Phi) is 4.52. The van der Waals surface area contributed by atoms with Crippen LogP contribution in [-0.4, -0.2) is 15.5 Å². The molecule has 3 rings (SSSR count). The molecule has 0 saturated heterocycles. The van der Waals surface area contributed by atoms with E-state index in [4.69, 9.17) is 0 Å². The quantitative estimate of drug-likeness (QED) is 0.785. The Morgan fingerprint density at radius 3 is 2.52 bits per heavy atom. The van der Waals surface area contributed by atoms with Gasteiger partial charge in [0, 0.05) is 24.5 Å². The first-order valence-corrected chi connectivity index (χ1v) is 7.63. The number of nitrogens with zero attached hydrogens (tertiary/aromatic N) is 2. The average Bonchev–Trinajstić information content (AvgIpc) is 3.09. The van der Waals surface area contributed by atoms with Crippen LogP contribution in [0.3, 0.4) is 0 Å². The molecule has 1 amide bonds. The molecule has 0 saturated carbocycles. The van der Waals surface area contributed by atoms with Crippen molar-refractivity contribution in [3.8, 4) is 0 Å². The maximum absolute atomic E-state index is 12.3. The van der Waals surface area contributed by atoms with Crippen molar-refractivity contribution >= 4 is 5.91 Å². The van der Waals surface area contributed by atoms with E-state index in [-0.39, 0.29) is 11.9 Å². The smallest absolute Gasteiger partial charge is 0.251 e. The molecular weight excluding hydrogens is 286 g/mol. The van der Waals surface area contributed by atoms with Crippen molar-refractivity contribution in [1.82, 2.24) is 14.9 Å². The molecule has 116 valence electrons. The van der Waals surface area contributed by atoms with Gasteiger partial charge in [0.1, 0.15) is 0 Å². The topological polar surface area (TPSA) is 46.9 Å². The zero-order chi connectivity index (χ0) is 16.1. The van der Waals surface area contributed by atoms with Gasteiger partial charge in [-0.25, -0.2) is 4.98 Å². The summed E-state index contributed by atoms with van der Waals surface area (Å²) in [5.41, 5.74) is 2.90. The summed E-state index contributed by atoms with van der Waals surface area (Å²) in [6.45, 7) is 2.74. The summed E-state index contributed by atoms with van der Waals surface area (Å²) in [6.07, 6.45) is 5.46. The maximum atomic E-state index is 12.3. The van der Waals surface area contributed by atoms with Crippen LogP contribution in [0, 0.1) is 0 Å². The van der Waals surface area contributed by atoms with Crippen LogP contribution in [0.1, 0.15) is 34.5 Å². The van der Waals surface area contributed by atoms with Crippen molar-refractivity contribution in [3.63, 3.8) is 0 Å². The van der Waals surface area contributed by atoms with Gasteiger partial charge in [0.2, 0.25) is 0 Å². The molecule has 1 unspecified atom stereocenters. The SMILES string of the molecule is CC(NC(=O)c1ccc(Cn2ccnc2)cc1)c1ccccc1. The first kappa shape index (κ1) is 15.0. The van der Waals surface area contributed by atoms with Gasteiger partial charge in [0.25, 0.3) is 5.91 Å². The molecule has 1 aromatic heterocycles.